The van der Waals surface area contributed by atoms with E-state index in [-0.39, 0.29) is 17.5 Å². The summed E-state index contributed by atoms with van der Waals surface area (Å²) in [5, 5.41) is 11.2. The van der Waals surface area contributed by atoms with Crippen LogP contribution in [0, 0.1) is 11.8 Å². The van der Waals surface area contributed by atoms with E-state index in [4.69, 9.17) is 5.21 Å². The van der Waals surface area contributed by atoms with Gasteiger partial charge in [-0.15, -0.1) is 0 Å². The molecule has 192 valence electrons. The van der Waals surface area contributed by atoms with Gasteiger partial charge in [0.05, 0.1) is 5.56 Å². The van der Waals surface area contributed by atoms with Crippen LogP contribution in [0.4, 0.5) is 5.95 Å². The molecule has 9 heteroatoms. The Morgan fingerprint density at radius 3 is 2.42 bits per heavy atom. The summed E-state index contributed by atoms with van der Waals surface area (Å²) >= 11 is 0. The summed E-state index contributed by atoms with van der Waals surface area (Å²) in [5.74, 6) is 0.761. The van der Waals surface area contributed by atoms with Gasteiger partial charge in [0, 0.05) is 68.7 Å². The van der Waals surface area contributed by atoms with E-state index in [2.05, 4.69) is 55.1 Å². The van der Waals surface area contributed by atoms with Gasteiger partial charge in [-0.1, -0.05) is 42.5 Å². The minimum Gasteiger partial charge on any atom is -0.340 e. The van der Waals surface area contributed by atoms with E-state index in [1.54, 1.807) is 11.7 Å². The lowest BCUT2D eigenvalue weighted by Gasteiger charge is -2.28. The van der Waals surface area contributed by atoms with Crippen molar-refractivity contribution in [2.75, 3.05) is 18.0 Å². The van der Waals surface area contributed by atoms with Crippen molar-refractivity contribution in [2.24, 2.45) is 11.8 Å². The van der Waals surface area contributed by atoms with Crippen molar-refractivity contribution in [2.45, 2.75) is 25.4 Å². The number of nitrogens with zero attached hydrogens (tertiary/aromatic N) is 5. The van der Waals surface area contributed by atoms with Gasteiger partial charge in [0.2, 0.25) is 11.9 Å². The number of rotatable bonds is 8. The van der Waals surface area contributed by atoms with Gasteiger partial charge < -0.3 is 9.80 Å². The monoisotopic (exact) mass is 508 g/mol. The van der Waals surface area contributed by atoms with Crippen LogP contribution in [0.3, 0.4) is 0 Å². The van der Waals surface area contributed by atoms with Gasteiger partial charge in [0.25, 0.3) is 5.91 Å². The van der Waals surface area contributed by atoms with E-state index >= 15 is 0 Å². The molecule has 2 aromatic carbocycles. The number of aromatic nitrogens is 3. The van der Waals surface area contributed by atoms with Crippen LogP contribution in [0.5, 0.6) is 0 Å². The molecule has 1 saturated carbocycles. The molecule has 2 N–H and O–H groups in total. The summed E-state index contributed by atoms with van der Waals surface area (Å²) in [6.07, 6.45) is 7.48. The van der Waals surface area contributed by atoms with Crippen molar-refractivity contribution in [3.63, 3.8) is 0 Å². The van der Waals surface area contributed by atoms with Gasteiger partial charge in [-0.25, -0.2) is 15.4 Å². The number of amides is 2. The molecule has 9 nitrogen and oxygen atoms in total. The number of fused-ring (bicyclic) bond motifs is 2. The molecular formula is C29H28N6O3. The number of piperidine rings is 1. The number of benzene rings is 2. The summed E-state index contributed by atoms with van der Waals surface area (Å²) in [7, 11) is 0. The summed E-state index contributed by atoms with van der Waals surface area (Å²) in [6.45, 7) is 2.09. The maximum atomic E-state index is 13.6. The number of pyridine rings is 1. The second-order valence-corrected chi connectivity index (χ2v) is 10.0. The molecule has 2 aliphatic rings. The summed E-state index contributed by atoms with van der Waals surface area (Å²) < 4.78 is 0. The molecule has 38 heavy (non-hydrogen) atoms. The molecule has 2 aromatic heterocycles. The van der Waals surface area contributed by atoms with Crippen LogP contribution >= 0.6 is 0 Å². The molecule has 6 rings (SSSR count). The zero-order valence-corrected chi connectivity index (χ0v) is 20.8. The number of nitrogens with one attached hydrogen (secondary N) is 1. The van der Waals surface area contributed by atoms with Crippen LogP contribution in [0.15, 0.2) is 79.4 Å². The maximum absolute atomic E-state index is 13.6. The molecule has 2 amide bonds. The Morgan fingerprint density at radius 1 is 0.947 bits per heavy atom. The molecule has 2 atom stereocenters. The Bertz CT molecular complexity index is 1450. The first-order valence-electron chi connectivity index (χ1n) is 12.8. The number of anilines is 1. The molecule has 2 fully saturated rings. The zero-order valence-electron chi connectivity index (χ0n) is 20.8. The number of hydrogen-bond donors (Lipinski definition) is 2. The second kappa shape index (κ2) is 10.2. The number of hydroxylamine groups is 1. The van der Waals surface area contributed by atoms with E-state index in [0.717, 1.165) is 24.2 Å². The van der Waals surface area contributed by atoms with E-state index in [0.29, 0.717) is 37.2 Å². The van der Waals surface area contributed by atoms with E-state index in [1.165, 1.54) is 23.2 Å². The molecule has 3 heterocycles. The topological polar surface area (TPSA) is 112 Å². The van der Waals surface area contributed by atoms with Gasteiger partial charge in [-0.3, -0.25) is 19.8 Å². The normalized spacial score (nSPS) is 19.7. The first kappa shape index (κ1) is 24.0. The van der Waals surface area contributed by atoms with E-state index < -0.39 is 5.91 Å². The third kappa shape index (κ3) is 4.80. The molecule has 1 aliphatic heterocycles. The maximum Gasteiger partial charge on any atom is 0.277 e. The Kier molecular flexibility index (Phi) is 6.43. The average molecular weight is 509 g/mol. The molecule has 1 aliphatic carbocycles. The summed E-state index contributed by atoms with van der Waals surface area (Å²) in [4.78, 5) is 42.1. The van der Waals surface area contributed by atoms with Gasteiger partial charge in [0.15, 0.2) is 0 Å². The minimum atomic E-state index is -0.644. The lowest BCUT2D eigenvalue weighted by molar-refractivity contribution is -0.132. The van der Waals surface area contributed by atoms with Gasteiger partial charge in [0.1, 0.15) is 0 Å². The van der Waals surface area contributed by atoms with Crippen LogP contribution in [-0.4, -0.2) is 56.0 Å². The largest absolute Gasteiger partial charge is 0.340 e. The molecule has 2 unspecified atom stereocenters. The van der Waals surface area contributed by atoms with Gasteiger partial charge in [-0.05, 0) is 40.5 Å². The highest BCUT2D eigenvalue weighted by Crippen LogP contribution is 2.50. The van der Waals surface area contributed by atoms with Crippen LogP contribution in [0.25, 0.3) is 10.8 Å². The lowest BCUT2D eigenvalue weighted by Crippen LogP contribution is -2.39. The standard InChI is InChI=1S/C29H28N6O3/c36-26(10-8-19-4-3-11-30-13-19)35(16-20-7-9-21-5-1-2-6-22(21)12-20)27-24-17-34(18-25(24)27)29-31-14-23(15-32-29)28(37)33-38/h1-7,9,11-15,24-25,27,38H,8,10,16-18H2,(H,33,37). The number of aryl methyl sites for hydroxylation is 1. The van der Waals surface area contributed by atoms with E-state index in [9.17, 15) is 9.59 Å². The number of carbonyl (C=O) groups excluding carboxylic acids is 2. The SMILES string of the molecule is O=C(NO)c1cnc(N2CC3C(C2)C3N(Cc2ccc3ccccc3c2)C(=O)CCc2cccnc2)nc1. The van der Waals surface area contributed by atoms with Crippen molar-refractivity contribution in [1.29, 1.82) is 0 Å². The fourth-order valence-electron chi connectivity index (χ4n) is 5.62. The molecule has 0 radical (unpaired) electrons. The Morgan fingerprint density at radius 2 is 1.71 bits per heavy atom. The van der Waals surface area contributed by atoms with Crippen LogP contribution in [-0.2, 0) is 17.8 Å². The average Bonchev–Trinajstić information content (AvgIpc) is 3.45. The first-order chi connectivity index (χ1) is 18.6. The van der Waals surface area contributed by atoms with Crippen LogP contribution in [0.1, 0.15) is 27.9 Å². The van der Waals surface area contributed by atoms with Crippen LogP contribution < -0.4 is 10.4 Å². The molecule has 1 saturated heterocycles. The quantitative estimate of drug-likeness (QED) is 0.278. The molecule has 4 aromatic rings. The molecule has 0 bridgehead atoms. The predicted molar refractivity (Wildman–Crippen MR) is 141 cm³/mol. The van der Waals surface area contributed by atoms with Crippen molar-refractivity contribution in [1.82, 2.24) is 25.3 Å². The highest BCUT2D eigenvalue weighted by molar-refractivity contribution is 5.92. The van der Waals surface area contributed by atoms with Gasteiger partial charge >= 0.3 is 0 Å². The third-order valence-corrected chi connectivity index (χ3v) is 7.63. The number of carbonyl (C=O) groups is 2. The van der Waals surface area contributed by atoms with Crippen molar-refractivity contribution < 1.29 is 14.8 Å². The smallest absolute Gasteiger partial charge is 0.277 e. The fraction of sp³-hybridized carbons (Fsp3) is 0.276. The predicted octanol–water partition coefficient (Wildman–Crippen LogP) is 3.24. The minimum absolute atomic E-state index is 0.156. The third-order valence-electron chi connectivity index (χ3n) is 7.63. The van der Waals surface area contributed by atoms with Gasteiger partial charge in [-0.2, -0.15) is 0 Å². The zero-order chi connectivity index (χ0) is 26.1. The fourth-order valence-corrected chi connectivity index (χ4v) is 5.62. The highest BCUT2D eigenvalue weighted by Gasteiger charge is 2.59. The highest BCUT2D eigenvalue weighted by atomic mass is 16.5. The van der Waals surface area contributed by atoms with Crippen molar-refractivity contribution >= 4 is 28.5 Å². The van der Waals surface area contributed by atoms with Crippen molar-refractivity contribution in [3.05, 3.63) is 96.1 Å². The Labute approximate surface area is 220 Å². The number of hydrogen-bond acceptors (Lipinski definition) is 7. The first-order valence-corrected chi connectivity index (χ1v) is 12.8. The summed E-state index contributed by atoms with van der Waals surface area (Å²) in [5.41, 5.74) is 3.97. The van der Waals surface area contributed by atoms with Crippen molar-refractivity contribution in [3.8, 4) is 0 Å². The van der Waals surface area contributed by atoms with E-state index in [1.807, 2.05) is 30.5 Å². The molecular weight excluding hydrogens is 480 g/mol. The Balaban J connectivity index is 1.17. The second-order valence-electron chi connectivity index (χ2n) is 10.0. The van der Waals surface area contributed by atoms with Crippen LogP contribution in [0.2, 0.25) is 0 Å². The lowest BCUT2D eigenvalue weighted by atomic mass is 10.1. The summed E-state index contributed by atoms with van der Waals surface area (Å²) in [6, 6.07) is 18.8. The molecule has 0 spiro atoms. The Hall–Kier alpha value is -4.37.